The molecule has 0 spiro atoms. The van der Waals surface area contributed by atoms with Crippen molar-refractivity contribution < 1.29 is 9.53 Å². The standard InChI is InChI=1S/C18H21N5O3/c1-21(2)7-4-15(24)18-16(25)5-8-23(20-18)14-3-6-19-17(13-14)22-9-11-26-12-10-22/h3-8,13H,9-12H2,1-2H3/b7-4+. The number of pyridine rings is 1. The minimum atomic E-state index is -0.430. The van der Waals surface area contributed by atoms with Gasteiger partial charge in [-0.25, -0.2) is 9.67 Å². The Hall–Kier alpha value is -3.00. The highest BCUT2D eigenvalue weighted by Gasteiger charge is 2.14. The molecule has 2 aromatic rings. The molecule has 0 bridgehead atoms. The first-order valence-electron chi connectivity index (χ1n) is 8.32. The lowest BCUT2D eigenvalue weighted by Crippen LogP contribution is -2.36. The second-order valence-corrected chi connectivity index (χ2v) is 6.09. The summed E-state index contributed by atoms with van der Waals surface area (Å²) in [4.78, 5) is 32.5. The van der Waals surface area contributed by atoms with Gasteiger partial charge in [-0.1, -0.05) is 0 Å². The Bertz CT molecular complexity index is 869. The van der Waals surface area contributed by atoms with E-state index < -0.39 is 11.2 Å². The Morgan fingerprint density at radius 3 is 2.77 bits per heavy atom. The molecule has 1 aliphatic rings. The van der Waals surface area contributed by atoms with Crippen LogP contribution in [0, 0.1) is 0 Å². The maximum Gasteiger partial charge on any atom is 0.211 e. The zero-order chi connectivity index (χ0) is 18.5. The predicted molar refractivity (Wildman–Crippen MR) is 97.8 cm³/mol. The molecule has 1 fully saturated rings. The minimum absolute atomic E-state index is 0.115. The quantitative estimate of drug-likeness (QED) is 0.577. The molecule has 1 saturated heterocycles. The molecule has 26 heavy (non-hydrogen) atoms. The summed E-state index contributed by atoms with van der Waals surface area (Å²) in [6.07, 6.45) is 6.16. The van der Waals surface area contributed by atoms with Gasteiger partial charge in [-0.3, -0.25) is 9.59 Å². The van der Waals surface area contributed by atoms with Crippen LogP contribution in [-0.2, 0) is 4.74 Å². The Labute approximate surface area is 151 Å². The molecule has 8 nitrogen and oxygen atoms in total. The maximum atomic E-state index is 12.2. The number of carbonyl (C=O) groups excluding carboxylic acids is 1. The van der Waals surface area contributed by atoms with E-state index in [1.807, 2.05) is 6.07 Å². The van der Waals surface area contributed by atoms with Crippen LogP contribution in [0.3, 0.4) is 0 Å². The summed E-state index contributed by atoms with van der Waals surface area (Å²) in [6.45, 7) is 2.87. The highest BCUT2D eigenvalue weighted by Crippen LogP contribution is 2.16. The van der Waals surface area contributed by atoms with Gasteiger partial charge in [0.1, 0.15) is 5.82 Å². The van der Waals surface area contributed by atoms with E-state index in [1.54, 1.807) is 43.7 Å². The van der Waals surface area contributed by atoms with E-state index in [4.69, 9.17) is 4.74 Å². The first kappa shape index (κ1) is 17.8. The van der Waals surface area contributed by atoms with Gasteiger partial charge in [-0.05, 0) is 6.07 Å². The lowest BCUT2D eigenvalue weighted by Gasteiger charge is -2.28. The van der Waals surface area contributed by atoms with E-state index >= 15 is 0 Å². The molecule has 0 atom stereocenters. The molecule has 3 rings (SSSR count). The SMILES string of the molecule is CN(C)/C=C/C(=O)c1nn(-c2ccnc(N3CCOCC3)c2)ccc1=O. The van der Waals surface area contributed by atoms with Crippen molar-refractivity contribution in [1.29, 1.82) is 0 Å². The lowest BCUT2D eigenvalue weighted by molar-refractivity contribution is 0.103. The Balaban J connectivity index is 1.91. The fourth-order valence-electron chi connectivity index (χ4n) is 2.53. The van der Waals surface area contributed by atoms with Crippen LogP contribution in [0.1, 0.15) is 10.5 Å². The van der Waals surface area contributed by atoms with Crippen LogP contribution in [-0.4, -0.2) is 65.8 Å². The molecular formula is C18H21N5O3. The Kier molecular flexibility index (Phi) is 5.43. The van der Waals surface area contributed by atoms with Crippen molar-refractivity contribution in [2.24, 2.45) is 0 Å². The number of nitrogens with zero attached hydrogens (tertiary/aromatic N) is 5. The van der Waals surface area contributed by atoms with Gasteiger partial charge in [-0.15, -0.1) is 0 Å². The van der Waals surface area contributed by atoms with Gasteiger partial charge in [-0.2, -0.15) is 5.10 Å². The average Bonchev–Trinajstić information content (AvgIpc) is 2.67. The molecule has 0 aliphatic carbocycles. The second kappa shape index (κ2) is 7.92. The van der Waals surface area contributed by atoms with Crippen molar-refractivity contribution in [3.05, 3.63) is 58.8 Å². The molecular weight excluding hydrogens is 334 g/mol. The molecule has 0 saturated carbocycles. The first-order valence-corrected chi connectivity index (χ1v) is 8.32. The number of hydrogen-bond acceptors (Lipinski definition) is 7. The van der Waals surface area contributed by atoms with Crippen LogP contribution >= 0.6 is 0 Å². The van der Waals surface area contributed by atoms with E-state index in [1.165, 1.54) is 16.8 Å². The van der Waals surface area contributed by atoms with Crippen LogP contribution in [0.2, 0.25) is 0 Å². The first-order chi connectivity index (χ1) is 12.5. The summed E-state index contributed by atoms with van der Waals surface area (Å²) < 4.78 is 6.88. The molecule has 0 amide bonds. The van der Waals surface area contributed by atoms with Gasteiger partial charge in [0.25, 0.3) is 0 Å². The van der Waals surface area contributed by atoms with Crippen molar-refractivity contribution in [2.45, 2.75) is 0 Å². The summed E-state index contributed by atoms with van der Waals surface area (Å²) in [7, 11) is 3.59. The Morgan fingerprint density at radius 1 is 1.27 bits per heavy atom. The van der Waals surface area contributed by atoms with Crippen molar-refractivity contribution >= 4 is 11.6 Å². The molecule has 3 heterocycles. The van der Waals surface area contributed by atoms with E-state index in [2.05, 4.69) is 15.0 Å². The topological polar surface area (TPSA) is 80.6 Å². The monoisotopic (exact) mass is 355 g/mol. The summed E-state index contributed by atoms with van der Waals surface area (Å²) in [5.41, 5.74) is 0.208. The molecule has 0 unspecified atom stereocenters. The average molecular weight is 355 g/mol. The third kappa shape index (κ3) is 4.15. The molecule has 2 aromatic heterocycles. The fourth-order valence-corrected chi connectivity index (χ4v) is 2.53. The van der Waals surface area contributed by atoms with Crippen LogP contribution in [0.25, 0.3) is 5.69 Å². The number of anilines is 1. The van der Waals surface area contributed by atoms with Crippen LogP contribution in [0.5, 0.6) is 0 Å². The predicted octanol–water partition coefficient (Wildman–Crippen LogP) is 0.722. The van der Waals surface area contributed by atoms with Crippen LogP contribution < -0.4 is 10.3 Å². The van der Waals surface area contributed by atoms with Gasteiger partial charge in [0, 0.05) is 64.0 Å². The van der Waals surface area contributed by atoms with Gasteiger partial charge in [0.05, 0.1) is 18.9 Å². The van der Waals surface area contributed by atoms with Gasteiger partial charge < -0.3 is 14.5 Å². The van der Waals surface area contributed by atoms with Crippen molar-refractivity contribution in [2.75, 3.05) is 45.3 Å². The minimum Gasteiger partial charge on any atom is -0.383 e. The molecule has 1 aliphatic heterocycles. The van der Waals surface area contributed by atoms with Crippen molar-refractivity contribution in [3.63, 3.8) is 0 Å². The zero-order valence-corrected chi connectivity index (χ0v) is 14.8. The highest BCUT2D eigenvalue weighted by molar-refractivity contribution is 6.02. The number of aromatic nitrogens is 3. The number of allylic oxidation sites excluding steroid dienone is 1. The molecule has 0 aromatic carbocycles. The zero-order valence-electron chi connectivity index (χ0n) is 14.8. The fraction of sp³-hybridized carbons (Fsp3) is 0.333. The molecule has 0 N–H and O–H groups in total. The molecule has 8 heteroatoms. The number of hydrogen-bond donors (Lipinski definition) is 0. The van der Waals surface area contributed by atoms with Gasteiger partial charge in [0.15, 0.2) is 5.69 Å². The van der Waals surface area contributed by atoms with E-state index in [0.717, 1.165) is 24.6 Å². The van der Waals surface area contributed by atoms with Crippen LogP contribution in [0.15, 0.2) is 47.7 Å². The number of morpholine rings is 1. The second-order valence-electron chi connectivity index (χ2n) is 6.09. The van der Waals surface area contributed by atoms with Gasteiger partial charge in [0.2, 0.25) is 11.2 Å². The van der Waals surface area contributed by atoms with E-state index in [0.29, 0.717) is 13.2 Å². The summed E-state index contributed by atoms with van der Waals surface area (Å²) in [5.74, 6) is 0.382. The third-order valence-electron chi connectivity index (χ3n) is 3.89. The number of ketones is 1. The van der Waals surface area contributed by atoms with Crippen LogP contribution in [0.4, 0.5) is 5.82 Å². The van der Waals surface area contributed by atoms with Crippen molar-refractivity contribution in [3.8, 4) is 5.69 Å². The summed E-state index contributed by atoms with van der Waals surface area (Å²) >= 11 is 0. The third-order valence-corrected chi connectivity index (χ3v) is 3.89. The smallest absolute Gasteiger partial charge is 0.211 e. The maximum absolute atomic E-state index is 12.2. The normalized spacial score (nSPS) is 14.6. The summed E-state index contributed by atoms with van der Waals surface area (Å²) in [5, 5.41) is 4.22. The van der Waals surface area contributed by atoms with Gasteiger partial charge >= 0.3 is 0 Å². The summed E-state index contributed by atoms with van der Waals surface area (Å²) in [6, 6.07) is 5.01. The Morgan fingerprint density at radius 2 is 2.04 bits per heavy atom. The van der Waals surface area contributed by atoms with E-state index in [-0.39, 0.29) is 5.69 Å². The molecule has 0 radical (unpaired) electrons. The highest BCUT2D eigenvalue weighted by atomic mass is 16.5. The lowest BCUT2D eigenvalue weighted by atomic mass is 10.2. The van der Waals surface area contributed by atoms with E-state index in [9.17, 15) is 9.59 Å². The number of ether oxygens (including phenoxy) is 1. The number of rotatable bonds is 5. The van der Waals surface area contributed by atoms with Crippen molar-refractivity contribution in [1.82, 2.24) is 19.7 Å². The largest absolute Gasteiger partial charge is 0.383 e. The number of carbonyl (C=O) groups is 1. The molecule has 136 valence electrons.